The van der Waals surface area contributed by atoms with Gasteiger partial charge in [0, 0.05) is 13.1 Å². The smallest absolute Gasteiger partial charge is 0.416 e. The Morgan fingerprint density at radius 2 is 1.80 bits per heavy atom. The zero-order valence-corrected chi connectivity index (χ0v) is 17.1. The maximum atomic E-state index is 13.2. The number of ether oxygens (including phenoxy) is 1. The molecule has 2 saturated heterocycles. The van der Waals surface area contributed by atoms with Gasteiger partial charge in [-0.1, -0.05) is 0 Å². The molecule has 0 aliphatic carbocycles. The average molecular weight is 427 g/mol. The summed E-state index contributed by atoms with van der Waals surface area (Å²) in [4.78, 5) is 28.3. The van der Waals surface area contributed by atoms with E-state index in [9.17, 15) is 22.8 Å². The Hall–Kier alpha value is -2.29. The molecule has 2 aliphatic heterocycles. The van der Waals surface area contributed by atoms with Crippen LogP contribution in [-0.4, -0.2) is 56.1 Å². The highest BCUT2D eigenvalue weighted by molar-refractivity contribution is 5.96. The zero-order valence-electron chi connectivity index (χ0n) is 17.1. The Kier molecular flexibility index (Phi) is 7.23. The van der Waals surface area contributed by atoms with Crippen molar-refractivity contribution in [2.75, 3.05) is 49.5 Å². The quantitative estimate of drug-likeness (QED) is 0.704. The minimum absolute atomic E-state index is 0.0746. The number of esters is 1. The second-order valence-corrected chi connectivity index (χ2v) is 7.77. The normalized spacial score (nSPS) is 18.5. The van der Waals surface area contributed by atoms with Crippen LogP contribution in [0.15, 0.2) is 18.2 Å². The number of hydrogen-bond acceptors (Lipinski definition) is 5. The summed E-state index contributed by atoms with van der Waals surface area (Å²) in [5, 5.41) is 2.69. The van der Waals surface area contributed by atoms with Gasteiger partial charge in [-0.3, -0.25) is 14.5 Å². The molecule has 2 fully saturated rings. The summed E-state index contributed by atoms with van der Waals surface area (Å²) in [6, 6.07) is 3.51. The van der Waals surface area contributed by atoms with E-state index >= 15 is 0 Å². The summed E-state index contributed by atoms with van der Waals surface area (Å²) in [7, 11) is 0. The van der Waals surface area contributed by atoms with Crippen molar-refractivity contribution in [2.45, 2.75) is 38.8 Å². The van der Waals surface area contributed by atoms with Crippen molar-refractivity contribution in [2.24, 2.45) is 5.92 Å². The Balaban J connectivity index is 1.63. The molecule has 0 bridgehead atoms. The number of nitrogens with zero attached hydrogens (tertiary/aromatic N) is 2. The second kappa shape index (κ2) is 9.68. The van der Waals surface area contributed by atoms with E-state index in [1.807, 2.05) is 9.80 Å². The molecule has 1 aromatic rings. The molecule has 1 amide bonds. The van der Waals surface area contributed by atoms with E-state index in [-0.39, 0.29) is 30.0 Å². The first-order valence-electron chi connectivity index (χ1n) is 10.4. The molecule has 0 radical (unpaired) electrons. The molecular formula is C21H28F3N3O3. The molecule has 0 unspecified atom stereocenters. The number of halogens is 3. The van der Waals surface area contributed by atoms with Crippen LogP contribution in [0.4, 0.5) is 24.5 Å². The third kappa shape index (κ3) is 5.65. The van der Waals surface area contributed by atoms with Gasteiger partial charge in [-0.15, -0.1) is 0 Å². The summed E-state index contributed by atoms with van der Waals surface area (Å²) >= 11 is 0. The van der Waals surface area contributed by atoms with Gasteiger partial charge in [-0.25, -0.2) is 0 Å². The Morgan fingerprint density at radius 1 is 1.13 bits per heavy atom. The predicted octanol–water partition coefficient (Wildman–Crippen LogP) is 3.52. The summed E-state index contributed by atoms with van der Waals surface area (Å²) in [5.41, 5.74) is 0.0315. The Labute approximate surface area is 174 Å². The fraction of sp³-hybridized carbons (Fsp3) is 0.619. The number of likely N-dealkylation sites (tertiary alicyclic amines) is 1. The van der Waals surface area contributed by atoms with Crippen LogP contribution in [0.3, 0.4) is 0 Å². The van der Waals surface area contributed by atoms with Gasteiger partial charge in [0.2, 0.25) is 5.91 Å². The minimum atomic E-state index is -4.47. The minimum Gasteiger partial charge on any atom is -0.466 e. The van der Waals surface area contributed by atoms with E-state index in [2.05, 4.69) is 5.32 Å². The molecule has 166 valence electrons. The number of alkyl halides is 3. The van der Waals surface area contributed by atoms with Crippen LogP contribution in [0, 0.1) is 5.92 Å². The molecule has 1 aromatic carbocycles. The highest BCUT2D eigenvalue weighted by atomic mass is 19.4. The second-order valence-electron chi connectivity index (χ2n) is 7.77. The van der Waals surface area contributed by atoms with Crippen LogP contribution >= 0.6 is 0 Å². The highest BCUT2D eigenvalue weighted by Gasteiger charge is 2.32. The van der Waals surface area contributed by atoms with Crippen LogP contribution in [-0.2, 0) is 20.5 Å². The van der Waals surface area contributed by atoms with Crippen molar-refractivity contribution in [1.82, 2.24) is 4.90 Å². The number of amides is 1. The first-order chi connectivity index (χ1) is 14.3. The van der Waals surface area contributed by atoms with E-state index in [1.54, 1.807) is 6.92 Å². The fourth-order valence-electron chi connectivity index (χ4n) is 4.03. The number of anilines is 2. The van der Waals surface area contributed by atoms with Crippen molar-refractivity contribution in [3.8, 4) is 0 Å². The molecule has 0 spiro atoms. The SMILES string of the molecule is CCOC(=O)C1CCN(CC(=O)Nc2cc(C(F)(F)F)ccc2N2CCCC2)CC1. The van der Waals surface area contributed by atoms with Crippen LogP contribution in [0.1, 0.15) is 38.2 Å². The van der Waals surface area contributed by atoms with Crippen LogP contribution < -0.4 is 10.2 Å². The van der Waals surface area contributed by atoms with Crippen molar-refractivity contribution in [3.63, 3.8) is 0 Å². The number of carbonyl (C=O) groups is 2. The number of benzene rings is 1. The monoisotopic (exact) mass is 427 g/mol. The summed E-state index contributed by atoms with van der Waals surface area (Å²) in [6.45, 7) is 4.84. The lowest BCUT2D eigenvalue weighted by atomic mass is 9.97. The lowest BCUT2D eigenvalue weighted by Gasteiger charge is -2.30. The van der Waals surface area contributed by atoms with Crippen LogP contribution in [0.25, 0.3) is 0 Å². The van der Waals surface area contributed by atoms with Crippen LogP contribution in [0.2, 0.25) is 0 Å². The largest absolute Gasteiger partial charge is 0.466 e. The molecule has 2 aliphatic rings. The zero-order chi connectivity index (χ0) is 21.7. The molecule has 0 aromatic heterocycles. The summed E-state index contributed by atoms with van der Waals surface area (Å²) in [6.07, 6.45) is -1.31. The molecule has 0 atom stereocenters. The fourth-order valence-corrected chi connectivity index (χ4v) is 4.03. The number of nitrogens with one attached hydrogen (secondary N) is 1. The third-order valence-corrected chi connectivity index (χ3v) is 5.62. The summed E-state index contributed by atoms with van der Waals surface area (Å²) in [5.74, 6) is -0.723. The predicted molar refractivity (Wildman–Crippen MR) is 107 cm³/mol. The number of carbonyl (C=O) groups excluding carboxylic acids is 2. The molecule has 6 nitrogen and oxygen atoms in total. The van der Waals surface area contributed by atoms with Crippen LogP contribution in [0.5, 0.6) is 0 Å². The van der Waals surface area contributed by atoms with Gasteiger partial charge in [-0.2, -0.15) is 13.2 Å². The molecule has 3 rings (SSSR count). The number of rotatable bonds is 6. The maximum absolute atomic E-state index is 13.2. The number of hydrogen-bond donors (Lipinski definition) is 1. The lowest BCUT2D eigenvalue weighted by Crippen LogP contribution is -2.41. The summed E-state index contributed by atoms with van der Waals surface area (Å²) < 4.78 is 44.6. The van der Waals surface area contributed by atoms with Gasteiger partial charge in [0.25, 0.3) is 0 Å². The molecular weight excluding hydrogens is 399 g/mol. The molecule has 30 heavy (non-hydrogen) atoms. The first kappa shape index (κ1) is 22.4. The third-order valence-electron chi connectivity index (χ3n) is 5.62. The van der Waals surface area contributed by atoms with E-state index in [0.29, 0.717) is 38.2 Å². The number of piperidine rings is 1. The van der Waals surface area contributed by atoms with Crippen molar-refractivity contribution >= 4 is 23.3 Å². The van der Waals surface area contributed by atoms with Gasteiger partial charge < -0.3 is 15.0 Å². The molecule has 2 heterocycles. The Bertz CT molecular complexity index is 756. The lowest BCUT2D eigenvalue weighted by molar-refractivity contribution is -0.149. The van der Waals surface area contributed by atoms with E-state index in [1.165, 1.54) is 6.07 Å². The molecule has 0 saturated carbocycles. The van der Waals surface area contributed by atoms with E-state index in [0.717, 1.165) is 38.1 Å². The van der Waals surface area contributed by atoms with Gasteiger partial charge in [0.1, 0.15) is 0 Å². The van der Waals surface area contributed by atoms with Gasteiger partial charge in [0.15, 0.2) is 0 Å². The van der Waals surface area contributed by atoms with Gasteiger partial charge >= 0.3 is 12.1 Å². The maximum Gasteiger partial charge on any atom is 0.416 e. The molecule has 1 N–H and O–H groups in total. The van der Waals surface area contributed by atoms with E-state index in [4.69, 9.17) is 4.74 Å². The van der Waals surface area contributed by atoms with Crippen molar-refractivity contribution in [1.29, 1.82) is 0 Å². The van der Waals surface area contributed by atoms with E-state index < -0.39 is 11.7 Å². The topological polar surface area (TPSA) is 61.9 Å². The van der Waals surface area contributed by atoms with Gasteiger partial charge in [0.05, 0.1) is 36.0 Å². The standard InChI is InChI=1S/C21H28F3N3O3/c1-2-30-20(29)15-7-11-26(12-8-15)14-19(28)25-17-13-16(21(22,23)24)5-6-18(17)27-9-3-4-10-27/h5-6,13,15H,2-4,7-12,14H2,1H3,(H,25,28). The Morgan fingerprint density at radius 3 is 2.40 bits per heavy atom. The van der Waals surface area contributed by atoms with Gasteiger partial charge in [-0.05, 0) is 63.9 Å². The van der Waals surface area contributed by atoms with Crippen molar-refractivity contribution in [3.05, 3.63) is 23.8 Å². The highest BCUT2D eigenvalue weighted by Crippen LogP contribution is 2.36. The average Bonchev–Trinajstić information content (AvgIpc) is 3.22. The van der Waals surface area contributed by atoms with Crippen molar-refractivity contribution < 1.29 is 27.5 Å². The first-order valence-corrected chi connectivity index (χ1v) is 10.4. The molecule has 9 heteroatoms.